The number of aromatic nitrogens is 1. The van der Waals surface area contributed by atoms with E-state index in [1.54, 1.807) is 18.2 Å². The van der Waals surface area contributed by atoms with Crippen molar-refractivity contribution < 1.29 is 13.5 Å². The average molecular weight is 300 g/mol. The molecule has 2 rings (SSSR count). The van der Waals surface area contributed by atoms with Crippen molar-refractivity contribution in [2.75, 3.05) is 18.2 Å². The van der Waals surface area contributed by atoms with Crippen LogP contribution in [0.25, 0.3) is 0 Å². The smallest absolute Gasteiger partial charge is 0.168 e. The SMILES string of the molecule is COc1cccc(Cl)c1CNc1nc(N)c(F)cc1F. The van der Waals surface area contributed by atoms with Crippen LogP contribution < -0.4 is 15.8 Å². The van der Waals surface area contributed by atoms with Crippen LogP contribution in [0.1, 0.15) is 5.56 Å². The number of methoxy groups -OCH3 is 1. The minimum atomic E-state index is -0.900. The monoisotopic (exact) mass is 299 g/mol. The van der Waals surface area contributed by atoms with Gasteiger partial charge in [0.25, 0.3) is 0 Å². The number of benzene rings is 1. The maximum Gasteiger partial charge on any atom is 0.168 e. The number of nitrogen functional groups attached to an aromatic ring is 1. The molecule has 20 heavy (non-hydrogen) atoms. The molecule has 0 saturated carbocycles. The van der Waals surface area contributed by atoms with E-state index in [9.17, 15) is 8.78 Å². The molecule has 0 bridgehead atoms. The van der Waals surface area contributed by atoms with Crippen LogP contribution in [-0.4, -0.2) is 12.1 Å². The number of nitrogens with zero attached hydrogens (tertiary/aromatic N) is 1. The maximum absolute atomic E-state index is 13.5. The summed E-state index contributed by atoms with van der Waals surface area (Å²) >= 11 is 6.05. The van der Waals surface area contributed by atoms with E-state index in [0.29, 0.717) is 22.4 Å². The van der Waals surface area contributed by atoms with Crippen molar-refractivity contribution in [1.29, 1.82) is 0 Å². The van der Waals surface area contributed by atoms with Gasteiger partial charge in [-0.05, 0) is 12.1 Å². The topological polar surface area (TPSA) is 60.2 Å². The molecule has 0 amide bonds. The molecule has 0 fully saturated rings. The second-order valence-corrected chi connectivity index (χ2v) is 4.37. The summed E-state index contributed by atoms with van der Waals surface area (Å²) in [5, 5.41) is 3.18. The highest BCUT2D eigenvalue weighted by molar-refractivity contribution is 6.31. The molecule has 7 heteroatoms. The first-order valence-corrected chi connectivity index (χ1v) is 6.07. The van der Waals surface area contributed by atoms with Crippen molar-refractivity contribution in [3.05, 3.63) is 46.5 Å². The molecule has 0 atom stereocenters. The molecule has 0 saturated heterocycles. The van der Waals surface area contributed by atoms with Gasteiger partial charge in [0.05, 0.1) is 7.11 Å². The Hall–Kier alpha value is -2.08. The molecule has 0 spiro atoms. The predicted molar refractivity (Wildman–Crippen MR) is 73.9 cm³/mol. The Morgan fingerprint density at radius 2 is 2.10 bits per heavy atom. The lowest BCUT2D eigenvalue weighted by Gasteiger charge is -2.12. The fourth-order valence-electron chi connectivity index (χ4n) is 1.68. The quantitative estimate of drug-likeness (QED) is 0.910. The fourth-order valence-corrected chi connectivity index (χ4v) is 1.91. The van der Waals surface area contributed by atoms with Crippen LogP contribution in [0.5, 0.6) is 5.75 Å². The van der Waals surface area contributed by atoms with E-state index in [1.807, 2.05) is 0 Å². The van der Waals surface area contributed by atoms with Crippen LogP contribution in [0, 0.1) is 11.6 Å². The lowest BCUT2D eigenvalue weighted by atomic mass is 10.2. The normalized spacial score (nSPS) is 10.4. The first-order chi connectivity index (χ1) is 9.52. The number of halogens is 3. The first kappa shape index (κ1) is 14.3. The molecule has 0 unspecified atom stereocenters. The third-order valence-electron chi connectivity index (χ3n) is 2.69. The first-order valence-electron chi connectivity index (χ1n) is 5.69. The van der Waals surface area contributed by atoms with Crippen molar-refractivity contribution >= 4 is 23.2 Å². The van der Waals surface area contributed by atoms with Crippen molar-refractivity contribution in [3.8, 4) is 5.75 Å². The third-order valence-corrected chi connectivity index (χ3v) is 3.04. The Kier molecular flexibility index (Phi) is 4.24. The van der Waals surface area contributed by atoms with E-state index in [0.717, 1.165) is 0 Å². The van der Waals surface area contributed by atoms with E-state index in [4.69, 9.17) is 22.1 Å². The summed E-state index contributed by atoms with van der Waals surface area (Å²) in [7, 11) is 1.50. The van der Waals surface area contributed by atoms with Crippen molar-refractivity contribution in [2.45, 2.75) is 6.54 Å². The third kappa shape index (κ3) is 2.91. The maximum atomic E-state index is 13.5. The molecule has 1 aromatic carbocycles. The lowest BCUT2D eigenvalue weighted by molar-refractivity contribution is 0.410. The lowest BCUT2D eigenvalue weighted by Crippen LogP contribution is -2.08. The average Bonchev–Trinajstić information content (AvgIpc) is 2.42. The highest BCUT2D eigenvalue weighted by Crippen LogP contribution is 2.27. The largest absolute Gasteiger partial charge is 0.496 e. The Morgan fingerprint density at radius 3 is 2.80 bits per heavy atom. The summed E-state index contributed by atoms with van der Waals surface area (Å²) in [6.45, 7) is 0.165. The van der Waals surface area contributed by atoms with E-state index in [2.05, 4.69) is 10.3 Å². The molecule has 4 nitrogen and oxygen atoms in total. The highest BCUT2D eigenvalue weighted by atomic mass is 35.5. The fraction of sp³-hybridized carbons (Fsp3) is 0.154. The van der Waals surface area contributed by atoms with Crippen molar-refractivity contribution in [3.63, 3.8) is 0 Å². The number of nitrogens with one attached hydrogen (secondary N) is 1. The second kappa shape index (κ2) is 5.92. The van der Waals surface area contributed by atoms with E-state index >= 15 is 0 Å². The van der Waals surface area contributed by atoms with Gasteiger partial charge in [0.15, 0.2) is 23.3 Å². The Labute approximate surface area is 119 Å². The van der Waals surface area contributed by atoms with Gasteiger partial charge in [-0.1, -0.05) is 17.7 Å². The number of nitrogens with two attached hydrogens (primary N) is 1. The van der Waals surface area contributed by atoms with Gasteiger partial charge in [-0.25, -0.2) is 13.8 Å². The van der Waals surface area contributed by atoms with Gasteiger partial charge in [-0.3, -0.25) is 0 Å². The summed E-state index contributed by atoms with van der Waals surface area (Å²) in [6.07, 6.45) is 0. The van der Waals surface area contributed by atoms with Crippen LogP contribution in [0.2, 0.25) is 5.02 Å². The van der Waals surface area contributed by atoms with Gasteiger partial charge in [0.2, 0.25) is 0 Å². The number of hydrogen-bond donors (Lipinski definition) is 2. The van der Waals surface area contributed by atoms with Crippen LogP contribution in [-0.2, 0) is 6.54 Å². The summed E-state index contributed by atoms with van der Waals surface area (Å²) in [5.74, 6) is -1.70. The molecular weight excluding hydrogens is 288 g/mol. The molecule has 106 valence electrons. The predicted octanol–water partition coefficient (Wildman–Crippen LogP) is 3.22. The van der Waals surface area contributed by atoms with Gasteiger partial charge in [0, 0.05) is 23.2 Å². The molecule has 0 aliphatic rings. The van der Waals surface area contributed by atoms with E-state index < -0.39 is 11.6 Å². The summed E-state index contributed by atoms with van der Waals surface area (Å²) in [4.78, 5) is 3.61. The Bertz CT molecular complexity index is 637. The van der Waals surface area contributed by atoms with Gasteiger partial charge in [0.1, 0.15) is 5.75 Å². The highest BCUT2D eigenvalue weighted by Gasteiger charge is 2.12. The molecule has 0 radical (unpaired) electrons. The van der Waals surface area contributed by atoms with E-state index in [1.165, 1.54) is 7.11 Å². The van der Waals surface area contributed by atoms with E-state index in [-0.39, 0.29) is 18.2 Å². The second-order valence-electron chi connectivity index (χ2n) is 3.96. The zero-order chi connectivity index (χ0) is 14.7. The molecular formula is C13H12ClF2N3O. The molecule has 3 N–H and O–H groups in total. The number of hydrogen-bond acceptors (Lipinski definition) is 4. The molecule has 2 aromatic rings. The van der Waals surface area contributed by atoms with Gasteiger partial charge in [-0.2, -0.15) is 0 Å². The summed E-state index contributed by atoms with van der Waals surface area (Å²) in [6, 6.07) is 5.82. The van der Waals surface area contributed by atoms with Gasteiger partial charge < -0.3 is 15.8 Å². The Balaban J connectivity index is 2.23. The number of ether oxygens (including phenoxy) is 1. The van der Waals surface area contributed by atoms with Crippen molar-refractivity contribution in [1.82, 2.24) is 4.98 Å². The molecule has 1 aromatic heterocycles. The van der Waals surface area contributed by atoms with Crippen LogP contribution in [0.4, 0.5) is 20.4 Å². The van der Waals surface area contributed by atoms with Gasteiger partial charge >= 0.3 is 0 Å². The number of anilines is 2. The molecule has 0 aliphatic heterocycles. The van der Waals surface area contributed by atoms with Crippen LogP contribution in [0.15, 0.2) is 24.3 Å². The minimum absolute atomic E-state index is 0.147. The zero-order valence-corrected chi connectivity index (χ0v) is 11.3. The molecule has 0 aliphatic carbocycles. The standard InChI is InChI=1S/C13H12ClF2N3O/c1-20-11-4-2-3-8(14)7(11)6-18-13-10(16)5-9(15)12(17)19-13/h2-5H,6H2,1H3,(H3,17,18,19). The van der Waals surface area contributed by atoms with Crippen LogP contribution in [0.3, 0.4) is 0 Å². The van der Waals surface area contributed by atoms with Crippen LogP contribution >= 0.6 is 11.6 Å². The summed E-state index contributed by atoms with van der Waals surface area (Å²) < 4.78 is 31.7. The summed E-state index contributed by atoms with van der Waals surface area (Å²) in [5.41, 5.74) is 5.94. The number of rotatable bonds is 4. The van der Waals surface area contributed by atoms with Crippen molar-refractivity contribution in [2.24, 2.45) is 0 Å². The number of pyridine rings is 1. The molecule has 1 heterocycles. The minimum Gasteiger partial charge on any atom is -0.496 e. The zero-order valence-electron chi connectivity index (χ0n) is 10.6. The Morgan fingerprint density at radius 1 is 1.35 bits per heavy atom. The van der Waals surface area contributed by atoms with Gasteiger partial charge in [-0.15, -0.1) is 0 Å².